The van der Waals surface area contributed by atoms with Crippen LogP contribution in [0.2, 0.25) is 0 Å². The van der Waals surface area contributed by atoms with Crippen molar-refractivity contribution >= 4 is 29.2 Å². The van der Waals surface area contributed by atoms with Crippen molar-refractivity contribution in [3.05, 3.63) is 59.9 Å². The second-order valence-corrected chi connectivity index (χ2v) is 5.50. The number of anilines is 2. The maximum atomic E-state index is 13.7. The highest BCUT2D eigenvalue weighted by Crippen LogP contribution is 2.22. The lowest BCUT2D eigenvalue weighted by molar-refractivity contribution is -0.130. The predicted molar refractivity (Wildman–Crippen MR) is 85.8 cm³/mol. The Morgan fingerprint density at radius 1 is 1.04 bits per heavy atom. The molecule has 1 unspecified atom stereocenters. The first-order chi connectivity index (χ1) is 12.4. The molecule has 1 aliphatic heterocycles. The van der Waals surface area contributed by atoms with E-state index in [1.165, 1.54) is 12.1 Å². The zero-order chi connectivity index (χ0) is 18.8. The van der Waals surface area contributed by atoms with Crippen molar-refractivity contribution in [2.45, 2.75) is 0 Å². The van der Waals surface area contributed by atoms with Gasteiger partial charge in [-0.3, -0.25) is 9.59 Å². The van der Waals surface area contributed by atoms with Crippen LogP contribution in [0.5, 0.6) is 0 Å². The average molecular weight is 363 g/mol. The summed E-state index contributed by atoms with van der Waals surface area (Å²) in [6.45, 7) is -0.288. The number of hydrogen-bond donors (Lipinski definition) is 2. The third kappa shape index (κ3) is 3.37. The van der Waals surface area contributed by atoms with E-state index in [2.05, 4.69) is 10.6 Å². The normalized spacial score (nSPS) is 17.0. The Bertz CT molecular complexity index is 887. The summed E-state index contributed by atoms with van der Waals surface area (Å²) < 4.78 is 39.6. The summed E-state index contributed by atoms with van der Waals surface area (Å²) in [5, 5.41) is 4.57. The molecule has 0 aliphatic carbocycles. The van der Waals surface area contributed by atoms with E-state index in [0.29, 0.717) is 11.0 Å². The largest absolute Gasteiger partial charge is 0.336 e. The molecule has 2 aromatic carbocycles. The van der Waals surface area contributed by atoms with Crippen molar-refractivity contribution in [1.82, 2.24) is 5.32 Å². The quantitative estimate of drug-likeness (QED) is 0.822. The first kappa shape index (κ1) is 17.5. The molecule has 0 saturated carbocycles. The minimum absolute atomic E-state index is 0.0827. The van der Waals surface area contributed by atoms with Crippen LogP contribution in [0.15, 0.2) is 42.5 Å². The second kappa shape index (κ2) is 6.87. The third-order valence-corrected chi connectivity index (χ3v) is 3.77. The second-order valence-electron chi connectivity index (χ2n) is 5.50. The van der Waals surface area contributed by atoms with Gasteiger partial charge in [-0.25, -0.2) is 22.9 Å². The van der Waals surface area contributed by atoms with Crippen LogP contribution in [0.25, 0.3) is 0 Å². The van der Waals surface area contributed by atoms with Gasteiger partial charge in [0.05, 0.1) is 11.4 Å². The molecule has 0 bridgehead atoms. The summed E-state index contributed by atoms with van der Waals surface area (Å²) in [6, 6.07) is 6.35. The number of rotatable bonds is 3. The summed E-state index contributed by atoms with van der Waals surface area (Å²) in [6.07, 6.45) is 0. The first-order valence-corrected chi connectivity index (χ1v) is 7.50. The number of imide groups is 1. The van der Waals surface area contributed by atoms with Gasteiger partial charge in [-0.15, -0.1) is 0 Å². The lowest BCUT2D eigenvalue weighted by Crippen LogP contribution is -2.58. The Labute approximate surface area is 145 Å². The summed E-state index contributed by atoms with van der Waals surface area (Å²) >= 11 is 0. The van der Waals surface area contributed by atoms with Crippen LogP contribution in [-0.2, 0) is 9.59 Å². The molecule has 0 radical (unpaired) electrons. The molecule has 26 heavy (non-hydrogen) atoms. The number of urea groups is 1. The van der Waals surface area contributed by atoms with Crippen molar-refractivity contribution in [3.8, 4) is 0 Å². The maximum Gasteiger partial charge on any atom is 0.328 e. The number of benzene rings is 2. The molecule has 1 atom stereocenters. The van der Waals surface area contributed by atoms with Crippen LogP contribution in [-0.4, -0.2) is 24.4 Å². The van der Waals surface area contributed by atoms with E-state index >= 15 is 0 Å². The molecule has 1 saturated heterocycles. The van der Waals surface area contributed by atoms with Crippen molar-refractivity contribution in [3.63, 3.8) is 0 Å². The monoisotopic (exact) mass is 363 g/mol. The van der Waals surface area contributed by atoms with Gasteiger partial charge in [0.2, 0.25) is 11.8 Å². The molecule has 0 spiro atoms. The Kier molecular flexibility index (Phi) is 4.61. The van der Waals surface area contributed by atoms with Crippen molar-refractivity contribution in [2.24, 2.45) is 5.92 Å². The van der Waals surface area contributed by atoms with E-state index in [-0.39, 0.29) is 17.9 Å². The van der Waals surface area contributed by atoms with Gasteiger partial charge >= 0.3 is 6.03 Å². The average Bonchev–Trinajstić information content (AvgIpc) is 2.59. The molecule has 6 nitrogen and oxygen atoms in total. The SMILES string of the molecule is O=C(Nc1ccc(F)cc1F)C1CNC(=O)N(c2ccc(F)cc2)C1=O. The number of hydrogen-bond acceptors (Lipinski definition) is 3. The number of halogens is 3. The summed E-state index contributed by atoms with van der Waals surface area (Å²) in [5.74, 6) is -5.42. The van der Waals surface area contributed by atoms with Crippen LogP contribution in [0, 0.1) is 23.4 Å². The van der Waals surface area contributed by atoms with E-state index in [1.54, 1.807) is 0 Å². The fraction of sp³-hybridized carbons (Fsp3) is 0.118. The summed E-state index contributed by atoms with van der Waals surface area (Å²) in [5.41, 5.74) is -0.214. The number of amides is 4. The number of nitrogens with zero attached hydrogens (tertiary/aromatic N) is 1. The van der Waals surface area contributed by atoms with E-state index in [0.717, 1.165) is 24.3 Å². The zero-order valence-corrected chi connectivity index (χ0v) is 13.1. The van der Waals surface area contributed by atoms with Crippen molar-refractivity contribution < 1.29 is 27.6 Å². The molecule has 2 aromatic rings. The van der Waals surface area contributed by atoms with Gasteiger partial charge in [0.1, 0.15) is 23.4 Å². The van der Waals surface area contributed by atoms with Gasteiger partial charge in [0, 0.05) is 12.6 Å². The highest BCUT2D eigenvalue weighted by Gasteiger charge is 2.39. The van der Waals surface area contributed by atoms with Crippen LogP contribution < -0.4 is 15.5 Å². The molecule has 1 fully saturated rings. The Hall–Kier alpha value is -3.36. The van der Waals surface area contributed by atoms with E-state index < -0.39 is 41.2 Å². The minimum Gasteiger partial charge on any atom is -0.336 e. The first-order valence-electron chi connectivity index (χ1n) is 7.50. The van der Waals surface area contributed by atoms with Crippen LogP contribution in [0.3, 0.4) is 0 Å². The Morgan fingerprint density at radius 2 is 1.69 bits per heavy atom. The van der Waals surface area contributed by atoms with Crippen molar-refractivity contribution in [2.75, 3.05) is 16.8 Å². The van der Waals surface area contributed by atoms with Crippen molar-refractivity contribution in [1.29, 1.82) is 0 Å². The lowest BCUT2D eigenvalue weighted by atomic mass is 10.0. The molecule has 134 valence electrons. The number of nitrogens with one attached hydrogen (secondary N) is 2. The van der Waals surface area contributed by atoms with E-state index in [4.69, 9.17) is 0 Å². The highest BCUT2D eigenvalue weighted by atomic mass is 19.1. The van der Waals surface area contributed by atoms with Crippen LogP contribution in [0.4, 0.5) is 29.3 Å². The summed E-state index contributed by atoms with van der Waals surface area (Å²) in [4.78, 5) is 37.5. The molecular weight excluding hydrogens is 351 g/mol. The van der Waals surface area contributed by atoms with Crippen LogP contribution >= 0.6 is 0 Å². The van der Waals surface area contributed by atoms with Gasteiger partial charge in [0.25, 0.3) is 0 Å². The smallest absolute Gasteiger partial charge is 0.328 e. The predicted octanol–water partition coefficient (Wildman–Crippen LogP) is 2.42. The molecule has 1 heterocycles. The maximum absolute atomic E-state index is 13.7. The van der Waals surface area contributed by atoms with E-state index in [9.17, 15) is 27.6 Å². The third-order valence-electron chi connectivity index (χ3n) is 3.77. The lowest BCUT2D eigenvalue weighted by Gasteiger charge is -2.30. The van der Waals surface area contributed by atoms with E-state index in [1.807, 2.05) is 0 Å². The Balaban J connectivity index is 1.81. The fourth-order valence-corrected chi connectivity index (χ4v) is 2.46. The van der Waals surface area contributed by atoms with Gasteiger partial charge < -0.3 is 10.6 Å². The molecule has 2 N–H and O–H groups in total. The molecule has 1 aliphatic rings. The molecule has 9 heteroatoms. The minimum atomic E-state index is -1.33. The fourth-order valence-electron chi connectivity index (χ4n) is 2.46. The Morgan fingerprint density at radius 3 is 2.35 bits per heavy atom. The highest BCUT2D eigenvalue weighted by molar-refractivity contribution is 6.23. The topological polar surface area (TPSA) is 78.5 Å². The molecule has 3 rings (SSSR count). The van der Waals surface area contributed by atoms with Gasteiger partial charge in [-0.05, 0) is 36.4 Å². The van der Waals surface area contributed by atoms with Gasteiger partial charge in [0.15, 0.2) is 0 Å². The molecule has 4 amide bonds. The zero-order valence-electron chi connectivity index (χ0n) is 13.1. The van der Waals surface area contributed by atoms with Gasteiger partial charge in [-0.2, -0.15) is 0 Å². The van der Waals surface area contributed by atoms with Gasteiger partial charge in [-0.1, -0.05) is 0 Å². The summed E-state index contributed by atoms with van der Waals surface area (Å²) in [7, 11) is 0. The van der Waals surface area contributed by atoms with Crippen LogP contribution in [0.1, 0.15) is 0 Å². The number of carbonyl (C=O) groups is 3. The molecular formula is C17H12F3N3O3. The standard InChI is InChI=1S/C17H12F3N3O3/c18-9-1-4-11(5-2-9)23-16(25)12(8-21-17(23)26)15(24)22-14-6-3-10(19)7-13(14)20/h1-7,12H,8H2,(H,21,26)(H,22,24). The number of carbonyl (C=O) groups excluding carboxylic acids is 3. The molecule has 0 aromatic heterocycles.